The van der Waals surface area contributed by atoms with Crippen LogP contribution in [0.2, 0.25) is 0 Å². The number of rotatable bonds is 2. The highest BCUT2D eigenvalue weighted by atomic mass is 32.1. The third kappa shape index (κ3) is 1.87. The van der Waals surface area contributed by atoms with Gasteiger partial charge in [0.2, 0.25) is 0 Å². The van der Waals surface area contributed by atoms with Crippen molar-refractivity contribution in [2.24, 2.45) is 5.73 Å². The first kappa shape index (κ1) is 9.79. The number of hydrogen-bond donors (Lipinski definition) is 1. The van der Waals surface area contributed by atoms with Crippen LogP contribution in [-0.4, -0.2) is 15.9 Å². The van der Waals surface area contributed by atoms with E-state index < -0.39 is 5.91 Å². The van der Waals surface area contributed by atoms with E-state index in [0.29, 0.717) is 10.6 Å². The van der Waals surface area contributed by atoms with Crippen LogP contribution in [0, 0.1) is 6.92 Å². The Morgan fingerprint density at radius 3 is 2.87 bits per heavy atom. The van der Waals surface area contributed by atoms with Gasteiger partial charge < -0.3 is 5.73 Å². The molecule has 0 saturated heterocycles. The molecule has 2 aromatic rings. The molecule has 0 aromatic carbocycles. The second kappa shape index (κ2) is 3.78. The SMILES string of the molecule is Cc1nc(-c2cccnc2)sc1C(N)=O. The summed E-state index contributed by atoms with van der Waals surface area (Å²) in [5.41, 5.74) is 6.80. The zero-order valence-electron chi connectivity index (χ0n) is 8.10. The Kier molecular flexibility index (Phi) is 2.47. The first-order valence-electron chi connectivity index (χ1n) is 4.36. The van der Waals surface area contributed by atoms with Gasteiger partial charge in [0.15, 0.2) is 0 Å². The van der Waals surface area contributed by atoms with Crippen LogP contribution in [0.1, 0.15) is 15.4 Å². The molecule has 2 heterocycles. The van der Waals surface area contributed by atoms with Gasteiger partial charge in [-0.2, -0.15) is 0 Å². The third-order valence-electron chi connectivity index (χ3n) is 1.93. The van der Waals surface area contributed by atoms with Crippen LogP contribution in [0.4, 0.5) is 0 Å². The smallest absolute Gasteiger partial charge is 0.260 e. The molecule has 2 aromatic heterocycles. The number of nitrogens with two attached hydrogens (primary N) is 1. The molecule has 4 nitrogen and oxygen atoms in total. The minimum Gasteiger partial charge on any atom is -0.365 e. The van der Waals surface area contributed by atoms with Crippen molar-refractivity contribution >= 4 is 17.2 Å². The minimum absolute atomic E-state index is 0.430. The maximum absolute atomic E-state index is 11.0. The van der Waals surface area contributed by atoms with E-state index in [-0.39, 0.29) is 0 Å². The van der Waals surface area contributed by atoms with Crippen molar-refractivity contribution in [2.75, 3.05) is 0 Å². The number of hydrogen-bond acceptors (Lipinski definition) is 4. The zero-order valence-corrected chi connectivity index (χ0v) is 8.91. The van der Waals surface area contributed by atoms with Gasteiger partial charge in [-0.15, -0.1) is 11.3 Å². The molecule has 76 valence electrons. The Labute approximate surface area is 90.8 Å². The second-order valence-corrected chi connectivity index (χ2v) is 4.04. The predicted octanol–water partition coefficient (Wildman–Crippen LogP) is 1.61. The zero-order chi connectivity index (χ0) is 10.8. The maximum atomic E-state index is 11.0. The summed E-state index contributed by atoms with van der Waals surface area (Å²) in [6, 6.07) is 3.73. The molecule has 0 saturated carbocycles. The number of nitrogens with zero attached hydrogens (tertiary/aromatic N) is 2. The molecule has 0 atom stereocenters. The Bertz CT molecular complexity index is 493. The van der Waals surface area contributed by atoms with E-state index in [1.54, 1.807) is 19.3 Å². The van der Waals surface area contributed by atoms with Gasteiger partial charge in [0.25, 0.3) is 5.91 Å². The topological polar surface area (TPSA) is 68.9 Å². The number of carbonyl (C=O) groups excluding carboxylic acids is 1. The van der Waals surface area contributed by atoms with Crippen molar-refractivity contribution in [1.29, 1.82) is 0 Å². The molecule has 15 heavy (non-hydrogen) atoms. The van der Waals surface area contributed by atoms with Gasteiger partial charge in [-0.3, -0.25) is 9.78 Å². The summed E-state index contributed by atoms with van der Waals surface area (Å²) in [5.74, 6) is -0.430. The van der Waals surface area contributed by atoms with Gasteiger partial charge in [-0.05, 0) is 19.1 Å². The van der Waals surface area contributed by atoms with Crippen LogP contribution >= 0.6 is 11.3 Å². The van der Waals surface area contributed by atoms with Crippen molar-refractivity contribution in [2.45, 2.75) is 6.92 Å². The van der Waals surface area contributed by atoms with Gasteiger partial charge in [-0.25, -0.2) is 4.98 Å². The predicted molar refractivity (Wildman–Crippen MR) is 58.6 cm³/mol. The van der Waals surface area contributed by atoms with Crippen LogP contribution in [0.25, 0.3) is 10.6 Å². The number of aromatic nitrogens is 2. The van der Waals surface area contributed by atoms with Crippen LogP contribution in [0.15, 0.2) is 24.5 Å². The largest absolute Gasteiger partial charge is 0.365 e. The Morgan fingerprint density at radius 2 is 2.33 bits per heavy atom. The number of amides is 1. The first-order valence-corrected chi connectivity index (χ1v) is 5.18. The van der Waals surface area contributed by atoms with Gasteiger partial charge in [0, 0.05) is 18.0 Å². The van der Waals surface area contributed by atoms with E-state index in [1.807, 2.05) is 12.1 Å². The van der Waals surface area contributed by atoms with Gasteiger partial charge in [0.1, 0.15) is 9.88 Å². The molecular formula is C10H9N3OS. The summed E-state index contributed by atoms with van der Waals surface area (Å²) in [6.07, 6.45) is 3.40. The van der Waals surface area contributed by atoms with Crippen LogP contribution in [0.3, 0.4) is 0 Å². The molecule has 0 aliphatic rings. The molecule has 0 unspecified atom stereocenters. The quantitative estimate of drug-likeness (QED) is 0.834. The van der Waals surface area contributed by atoms with Crippen LogP contribution in [0.5, 0.6) is 0 Å². The lowest BCUT2D eigenvalue weighted by molar-refractivity contribution is 0.100. The van der Waals surface area contributed by atoms with Gasteiger partial charge in [0.05, 0.1) is 5.69 Å². The van der Waals surface area contributed by atoms with Crippen LogP contribution in [-0.2, 0) is 0 Å². The first-order chi connectivity index (χ1) is 7.18. The third-order valence-corrected chi connectivity index (χ3v) is 3.15. The monoisotopic (exact) mass is 219 g/mol. The van der Waals surface area contributed by atoms with E-state index >= 15 is 0 Å². The highest BCUT2D eigenvalue weighted by Gasteiger charge is 2.13. The molecule has 0 radical (unpaired) electrons. The fourth-order valence-electron chi connectivity index (χ4n) is 1.24. The summed E-state index contributed by atoms with van der Waals surface area (Å²) >= 11 is 1.30. The number of pyridine rings is 1. The summed E-state index contributed by atoms with van der Waals surface area (Å²) in [4.78, 5) is 19.8. The van der Waals surface area contributed by atoms with Crippen molar-refractivity contribution in [1.82, 2.24) is 9.97 Å². The Morgan fingerprint density at radius 1 is 1.53 bits per heavy atom. The average molecular weight is 219 g/mol. The van der Waals surface area contributed by atoms with Crippen molar-refractivity contribution in [3.05, 3.63) is 35.1 Å². The lowest BCUT2D eigenvalue weighted by atomic mass is 10.3. The maximum Gasteiger partial charge on any atom is 0.260 e. The van der Waals surface area contributed by atoms with E-state index in [2.05, 4.69) is 9.97 Å². The van der Waals surface area contributed by atoms with Gasteiger partial charge >= 0.3 is 0 Å². The molecule has 2 N–H and O–H groups in total. The summed E-state index contributed by atoms with van der Waals surface area (Å²) in [5, 5.41) is 0.773. The number of primary amides is 1. The fourth-order valence-corrected chi connectivity index (χ4v) is 2.15. The molecule has 2 rings (SSSR count). The molecule has 0 aliphatic carbocycles. The summed E-state index contributed by atoms with van der Waals surface area (Å²) in [7, 11) is 0. The highest BCUT2D eigenvalue weighted by Crippen LogP contribution is 2.26. The second-order valence-electron chi connectivity index (χ2n) is 3.04. The van der Waals surface area contributed by atoms with Crippen molar-refractivity contribution < 1.29 is 4.79 Å². The van der Waals surface area contributed by atoms with E-state index in [0.717, 1.165) is 10.6 Å². The van der Waals surface area contributed by atoms with Crippen molar-refractivity contribution in [3.8, 4) is 10.6 Å². The molecule has 0 aliphatic heterocycles. The van der Waals surface area contributed by atoms with E-state index in [1.165, 1.54) is 11.3 Å². The lowest BCUT2D eigenvalue weighted by Crippen LogP contribution is -2.09. The normalized spacial score (nSPS) is 10.2. The lowest BCUT2D eigenvalue weighted by Gasteiger charge is -1.91. The molecule has 0 fully saturated rings. The summed E-state index contributed by atoms with van der Waals surface area (Å²) in [6.45, 7) is 1.77. The molecule has 0 spiro atoms. The number of thiazole rings is 1. The van der Waals surface area contributed by atoms with Crippen LogP contribution < -0.4 is 5.73 Å². The number of aryl methyl sites for hydroxylation is 1. The van der Waals surface area contributed by atoms with E-state index in [9.17, 15) is 4.79 Å². The Hall–Kier alpha value is -1.75. The summed E-state index contributed by atoms with van der Waals surface area (Å²) < 4.78 is 0. The Balaban J connectivity index is 2.48. The highest BCUT2D eigenvalue weighted by molar-refractivity contribution is 7.17. The molecule has 1 amide bonds. The molecule has 5 heteroatoms. The average Bonchev–Trinajstić information content (AvgIpc) is 2.62. The molecule has 0 bridgehead atoms. The standard InChI is InChI=1S/C10H9N3OS/c1-6-8(9(11)14)15-10(13-6)7-3-2-4-12-5-7/h2-5H,1H3,(H2,11,14). The number of carbonyl (C=O) groups is 1. The van der Waals surface area contributed by atoms with Crippen molar-refractivity contribution in [3.63, 3.8) is 0 Å². The fraction of sp³-hybridized carbons (Fsp3) is 0.100. The molecular weight excluding hydrogens is 210 g/mol. The van der Waals surface area contributed by atoms with Gasteiger partial charge in [-0.1, -0.05) is 0 Å². The van der Waals surface area contributed by atoms with E-state index in [4.69, 9.17) is 5.73 Å². The minimum atomic E-state index is -0.430.